The fraction of sp³-hybridized carbons (Fsp3) is 0.368. The number of pyridine rings is 1. The van der Waals surface area contributed by atoms with E-state index in [0.29, 0.717) is 31.1 Å². The summed E-state index contributed by atoms with van der Waals surface area (Å²) in [6.45, 7) is 3.64. The molecule has 1 aliphatic heterocycles. The summed E-state index contributed by atoms with van der Waals surface area (Å²) in [5.74, 6) is 0.130. The minimum atomic E-state index is -3.55. The van der Waals surface area contributed by atoms with Crippen LogP contribution in [0.2, 0.25) is 0 Å². The topological polar surface area (TPSA) is 88.6 Å². The van der Waals surface area contributed by atoms with Gasteiger partial charge in [-0.3, -0.25) is 4.79 Å². The Hall–Kier alpha value is -2.45. The fourth-order valence-corrected chi connectivity index (χ4v) is 4.54. The third kappa shape index (κ3) is 4.45. The molecule has 1 N–H and O–H groups in total. The molecule has 1 aromatic heterocycles. The van der Waals surface area contributed by atoms with Crippen molar-refractivity contribution in [2.45, 2.75) is 31.2 Å². The summed E-state index contributed by atoms with van der Waals surface area (Å²) in [7, 11) is -3.55. The van der Waals surface area contributed by atoms with E-state index in [4.69, 9.17) is 4.74 Å². The number of nitrogens with one attached hydrogen (secondary N) is 1. The Morgan fingerprint density at radius 1 is 1.22 bits per heavy atom. The quantitative estimate of drug-likeness (QED) is 0.784. The van der Waals surface area contributed by atoms with Gasteiger partial charge < -0.3 is 10.1 Å². The first-order valence-corrected chi connectivity index (χ1v) is 10.4. The van der Waals surface area contributed by atoms with Gasteiger partial charge in [0.15, 0.2) is 0 Å². The summed E-state index contributed by atoms with van der Waals surface area (Å²) < 4.78 is 32.3. The molecule has 2 aromatic rings. The van der Waals surface area contributed by atoms with Crippen LogP contribution in [-0.2, 0) is 16.6 Å². The minimum absolute atomic E-state index is 0.147. The monoisotopic (exact) mass is 389 g/mol. The largest absolute Gasteiger partial charge is 0.478 e. The van der Waals surface area contributed by atoms with Gasteiger partial charge in [-0.25, -0.2) is 13.4 Å². The van der Waals surface area contributed by atoms with E-state index in [2.05, 4.69) is 10.3 Å². The molecule has 0 unspecified atom stereocenters. The minimum Gasteiger partial charge on any atom is -0.478 e. The Labute approximate surface area is 159 Å². The second-order valence-corrected chi connectivity index (χ2v) is 8.16. The van der Waals surface area contributed by atoms with E-state index < -0.39 is 10.0 Å². The van der Waals surface area contributed by atoms with Gasteiger partial charge in [0.05, 0.1) is 11.5 Å². The molecule has 0 atom stereocenters. The van der Waals surface area contributed by atoms with Crippen LogP contribution in [0.15, 0.2) is 47.5 Å². The van der Waals surface area contributed by atoms with E-state index in [0.717, 1.165) is 18.4 Å². The molecule has 2 heterocycles. The average Bonchev–Trinajstić information content (AvgIpc) is 3.23. The molecule has 0 aliphatic carbocycles. The van der Waals surface area contributed by atoms with Gasteiger partial charge in [0.25, 0.3) is 5.91 Å². The molecule has 7 nitrogen and oxygen atoms in total. The number of aromatic nitrogens is 1. The van der Waals surface area contributed by atoms with Crippen LogP contribution >= 0.6 is 0 Å². The van der Waals surface area contributed by atoms with Crippen LogP contribution in [-0.4, -0.2) is 43.3 Å². The normalized spacial score (nSPS) is 14.9. The fourth-order valence-electron chi connectivity index (χ4n) is 2.98. The van der Waals surface area contributed by atoms with Crippen molar-refractivity contribution in [3.8, 4) is 5.88 Å². The summed E-state index contributed by atoms with van der Waals surface area (Å²) in [6.07, 6.45) is 3.36. The predicted molar refractivity (Wildman–Crippen MR) is 101 cm³/mol. The number of carbonyl (C=O) groups is 1. The lowest BCUT2D eigenvalue weighted by atomic mass is 10.2. The van der Waals surface area contributed by atoms with Crippen molar-refractivity contribution >= 4 is 15.9 Å². The van der Waals surface area contributed by atoms with E-state index in [1.165, 1.54) is 16.4 Å². The number of rotatable bonds is 7. The Morgan fingerprint density at radius 2 is 2.00 bits per heavy atom. The summed E-state index contributed by atoms with van der Waals surface area (Å²) in [4.78, 5) is 16.8. The highest BCUT2D eigenvalue weighted by Crippen LogP contribution is 2.21. The maximum atomic E-state index is 12.7. The maximum Gasteiger partial charge on any atom is 0.251 e. The molecule has 0 spiro atoms. The van der Waals surface area contributed by atoms with Crippen LogP contribution in [0.1, 0.15) is 35.7 Å². The van der Waals surface area contributed by atoms with Gasteiger partial charge in [0.1, 0.15) is 0 Å². The molecule has 0 radical (unpaired) electrons. The summed E-state index contributed by atoms with van der Waals surface area (Å²) >= 11 is 0. The Morgan fingerprint density at radius 3 is 2.74 bits per heavy atom. The number of benzene rings is 1. The van der Waals surface area contributed by atoms with Gasteiger partial charge in [0.2, 0.25) is 15.9 Å². The second-order valence-electron chi connectivity index (χ2n) is 6.22. The predicted octanol–water partition coefficient (Wildman–Crippen LogP) is 2.19. The van der Waals surface area contributed by atoms with Gasteiger partial charge in [0, 0.05) is 37.0 Å². The first-order valence-electron chi connectivity index (χ1n) is 8.97. The molecule has 1 saturated heterocycles. The molecule has 1 aliphatic rings. The number of carbonyl (C=O) groups excluding carboxylic acids is 1. The number of hydrogen-bond donors (Lipinski definition) is 1. The van der Waals surface area contributed by atoms with E-state index in [1.807, 2.05) is 13.0 Å². The number of amides is 1. The lowest BCUT2D eigenvalue weighted by molar-refractivity contribution is 0.0950. The number of sulfonamides is 1. The molecule has 1 aromatic carbocycles. The number of hydrogen-bond acceptors (Lipinski definition) is 5. The molecule has 27 heavy (non-hydrogen) atoms. The van der Waals surface area contributed by atoms with Crippen LogP contribution in [0, 0.1) is 0 Å². The average molecular weight is 389 g/mol. The smallest absolute Gasteiger partial charge is 0.251 e. The lowest BCUT2D eigenvalue weighted by Gasteiger charge is -2.16. The zero-order chi connectivity index (χ0) is 19.3. The van der Waals surface area contributed by atoms with E-state index in [9.17, 15) is 13.2 Å². The van der Waals surface area contributed by atoms with Gasteiger partial charge in [-0.1, -0.05) is 12.1 Å². The first kappa shape index (κ1) is 19.3. The van der Waals surface area contributed by atoms with Crippen LogP contribution < -0.4 is 10.1 Å². The third-order valence-electron chi connectivity index (χ3n) is 4.37. The standard InChI is InChI=1S/C19H23N3O4S/c1-2-26-19-16(8-6-10-20-19)14-21-18(23)15-7-5-9-17(13-15)27(24,25)22-11-3-4-12-22/h5-10,13H,2-4,11-12,14H2,1H3,(H,21,23). The number of ether oxygens (including phenoxy) is 1. The maximum absolute atomic E-state index is 12.7. The van der Waals surface area contributed by atoms with Gasteiger partial charge in [-0.2, -0.15) is 4.31 Å². The highest BCUT2D eigenvalue weighted by atomic mass is 32.2. The molecule has 0 saturated carbocycles. The SMILES string of the molecule is CCOc1ncccc1CNC(=O)c1cccc(S(=O)(=O)N2CCCC2)c1. The highest BCUT2D eigenvalue weighted by Gasteiger charge is 2.27. The van der Waals surface area contributed by atoms with Crippen molar-refractivity contribution in [2.24, 2.45) is 0 Å². The summed E-state index contributed by atoms with van der Waals surface area (Å²) in [6, 6.07) is 9.74. The van der Waals surface area contributed by atoms with Crippen LogP contribution in [0.3, 0.4) is 0 Å². The van der Waals surface area contributed by atoms with Crippen LogP contribution in [0.5, 0.6) is 5.88 Å². The molecule has 0 bridgehead atoms. The second kappa shape index (κ2) is 8.49. The third-order valence-corrected chi connectivity index (χ3v) is 6.26. The van der Waals surface area contributed by atoms with Crippen molar-refractivity contribution in [1.29, 1.82) is 0 Å². The van der Waals surface area contributed by atoms with E-state index in [-0.39, 0.29) is 17.3 Å². The first-order chi connectivity index (χ1) is 13.0. The van der Waals surface area contributed by atoms with Crippen molar-refractivity contribution < 1.29 is 17.9 Å². The molecular weight excluding hydrogens is 366 g/mol. The van der Waals surface area contributed by atoms with Gasteiger partial charge >= 0.3 is 0 Å². The van der Waals surface area contributed by atoms with E-state index in [1.54, 1.807) is 24.4 Å². The van der Waals surface area contributed by atoms with Crippen LogP contribution in [0.25, 0.3) is 0 Å². The number of nitrogens with zero attached hydrogens (tertiary/aromatic N) is 2. The lowest BCUT2D eigenvalue weighted by Crippen LogP contribution is -2.28. The van der Waals surface area contributed by atoms with E-state index >= 15 is 0 Å². The molecule has 1 fully saturated rings. The molecule has 144 valence electrons. The van der Waals surface area contributed by atoms with Crippen molar-refractivity contribution in [3.05, 3.63) is 53.7 Å². The summed E-state index contributed by atoms with van der Waals surface area (Å²) in [5, 5.41) is 2.79. The van der Waals surface area contributed by atoms with Crippen molar-refractivity contribution in [1.82, 2.24) is 14.6 Å². The van der Waals surface area contributed by atoms with Crippen molar-refractivity contribution in [2.75, 3.05) is 19.7 Å². The molecule has 8 heteroatoms. The van der Waals surface area contributed by atoms with Crippen molar-refractivity contribution in [3.63, 3.8) is 0 Å². The van der Waals surface area contributed by atoms with Gasteiger partial charge in [-0.05, 0) is 44.0 Å². The highest BCUT2D eigenvalue weighted by molar-refractivity contribution is 7.89. The molecule has 1 amide bonds. The Bertz CT molecular complexity index is 909. The zero-order valence-electron chi connectivity index (χ0n) is 15.2. The molecule has 3 rings (SSSR count). The molecular formula is C19H23N3O4S. The van der Waals surface area contributed by atoms with Gasteiger partial charge in [-0.15, -0.1) is 0 Å². The van der Waals surface area contributed by atoms with Crippen LogP contribution in [0.4, 0.5) is 0 Å². The Kier molecular flexibility index (Phi) is 6.08. The zero-order valence-corrected chi connectivity index (χ0v) is 16.0. The Balaban J connectivity index is 1.73. The summed E-state index contributed by atoms with van der Waals surface area (Å²) in [5.41, 5.74) is 1.06.